The van der Waals surface area contributed by atoms with E-state index in [0.29, 0.717) is 13.2 Å². The van der Waals surface area contributed by atoms with Crippen LogP contribution in [0.1, 0.15) is 32.1 Å². The molecule has 0 unspecified atom stereocenters. The number of carbonyl (C=O) groups is 2. The maximum Gasteiger partial charge on any atom is 0.274 e. The fourth-order valence-electron chi connectivity index (χ4n) is 2.10. The van der Waals surface area contributed by atoms with E-state index in [4.69, 9.17) is 4.74 Å². The summed E-state index contributed by atoms with van der Waals surface area (Å²) >= 11 is 0. The first-order chi connectivity index (χ1) is 11.5. The lowest BCUT2D eigenvalue weighted by Crippen LogP contribution is -2.28. The Balaban J connectivity index is 2.11. The van der Waals surface area contributed by atoms with Gasteiger partial charge in [0.05, 0.1) is 6.61 Å². The van der Waals surface area contributed by atoms with Crippen molar-refractivity contribution in [2.24, 2.45) is 0 Å². The molecule has 1 aromatic carbocycles. The van der Waals surface area contributed by atoms with Crippen molar-refractivity contribution in [2.45, 2.75) is 13.8 Å². The Kier molecular flexibility index (Phi) is 6.03. The third-order valence-electron chi connectivity index (χ3n) is 3.45. The van der Waals surface area contributed by atoms with Gasteiger partial charge in [0.1, 0.15) is 11.4 Å². The Labute approximate surface area is 141 Å². The fourth-order valence-corrected chi connectivity index (χ4v) is 2.10. The van der Waals surface area contributed by atoms with Crippen LogP contribution in [0.15, 0.2) is 36.4 Å². The molecule has 2 amide bonds. The predicted octanol–water partition coefficient (Wildman–Crippen LogP) is 2.33. The number of amides is 2. The molecule has 0 fully saturated rings. The molecular formula is C18H21N3O3. The molecule has 6 heteroatoms. The molecule has 0 saturated heterocycles. The first-order valence-electron chi connectivity index (χ1n) is 7.64. The van der Waals surface area contributed by atoms with Crippen LogP contribution in [-0.2, 0) is 4.74 Å². The first kappa shape index (κ1) is 17.6. The Morgan fingerprint density at radius 1 is 1.08 bits per heavy atom. The summed E-state index contributed by atoms with van der Waals surface area (Å²) in [6, 6.07) is 10.6. The molecule has 0 atom stereocenters. The van der Waals surface area contributed by atoms with Gasteiger partial charge in [-0.05, 0) is 43.2 Å². The molecule has 0 aliphatic rings. The zero-order chi connectivity index (χ0) is 17.5. The number of aryl methyl sites for hydroxylation is 2. The number of pyridine rings is 1. The number of hydrogen-bond acceptors (Lipinski definition) is 4. The van der Waals surface area contributed by atoms with Crippen molar-refractivity contribution in [3.8, 4) is 0 Å². The van der Waals surface area contributed by atoms with Crippen LogP contribution in [-0.4, -0.2) is 37.1 Å². The number of nitrogens with zero attached hydrogens (tertiary/aromatic N) is 1. The summed E-state index contributed by atoms with van der Waals surface area (Å²) in [6.07, 6.45) is 0. The Morgan fingerprint density at radius 3 is 2.50 bits per heavy atom. The van der Waals surface area contributed by atoms with Gasteiger partial charge in [0, 0.05) is 19.3 Å². The SMILES string of the molecule is COCCNC(=O)c1cccc(C(=O)Nc2cc(C)ccc2C)n1. The minimum atomic E-state index is -0.352. The van der Waals surface area contributed by atoms with Crippen LogP contribution in [0.3, 0.4) is 0 Å². The molecule has 2 rings (SSSR count). The lowest BCUT2D eigenvalue weighted by Gasteiger charge is -2.10. The van der Waals surface area contributed by atoms with Crippen LogP contribution in [0.2, 0.25) is 0 Å². The lowest BCUT2D eigenvalue weighted by molar-refractivity contribution is 0.0932. The number of rotatable bonds is 6. The highest BCUT2D eigenvalue weighted by molar-refractivity contribution is 6.04. The number of hydrogen-bond donors (Lipinski definition) is 2. The van der Waals surface area contributed by atoms with Crippen molar-refractivity contribution < 1.29 is 14.3 Å². The van der Waals surface area contributed by atoms with Crippen molar-refractivity contribution in [1.82, 2.24) is 10.3 Å². The van der Waals surface area contributed by atoms with Crippen molar-refractivity contribution in [3.05, 3.63) is 58.9 Å². The maximum atomic E-state index is 12.4. The highest BCUT2D eigenvalue weighted by atomic mass is 16.5. The van der Waals surface area contributed by atoms with Crippen LogP contribution in [0.4, 0.5) is 5.69 Å². The molecule has 126 valence electrons. The molecule has 0 aliphatic carbocycles. The third-order valence-corrected chi connectivity index (χ3v) is 3.45. The molecule has 6 nitrogen and oxygen atoms in total. The average Bonchev–Trinajstić information content (AvgIpc) is 2.58. The normalized spacial score (nSPS) is 10.3. The minimum absolute atomic E-state index is 0.190. The topological polar surface area (TPSA) is 80.3 Å². The van der Waals surface area contributed by atoms with E-state index >= 15 is 0 Å². The van der Waals surface area contributed by atoms with Gasteiger partial charge in [0.25, 0.3) is 11.8 Å². The van der Waals surface area contributed by atoms with Gasteiger partial charge in [-0.25, -0.2) is 4.98 Å². The van der Waals surface area contributed by atoms with Gasteiger partial charge < -0.3 is 15.4 Å². The minimum Gasteiger partial charge on any atom is -0.383 e. The summed E-state index contributed by atoms with van der Waals surface area (Å²) in [5, 5.41) is 5.51. The second-order valence-electron chi connectivity index (χ2n) is 5.43. The van der Waals surface area contributed by atoms with Crippen LogP contribution < -0.4 is 10.6 Å². The summed E-state index contributed by atoms with van der Waals surface area (Å²) in [4.78, 5) is 28.5. The largest absolute Gasteiger partial charge is 0.383 e. The molecule has 2 N–H and O–H groups in total. The highest BCUT2D eigenvalue weighted by Crippen LogP contribution is 2.17. The molecule has 0 bridgehead atoms. The zero-order valence-electron chi connectivity index (χ0n) is 14.1. The van der Waals surface area contributed by atoms with Crippen molar-refractivity contribution in [1.29, 1.82) is 0 Å². The van der Waals surface area contributed by atoms with E-state index in [-0.39, 0.29) is 23.2 Å². The van der Waals surface area contributed by atoms with Gasteiger partial charge in [-0.3, -0.25) is 9.59 Å². The van der Waals surface area contributed by atoms with E-state index in [1.807, 2.05) is 32.0 Å². The summed E-state index contributed by atoms with van der Waals surface area (Å²) in [7, 11) is 1.56. The second kappa shape index (κ2) is 8.21. The van der Waals surface area contributed by atoms with Crippen molar-refractivity contribution in [3.63, 3.8) is 0 Å². The molecule has 0 saturated carbocycles. The number of carbonyl (C=O) groups excluding carboxylic acids is 2. The molecule has 2 aromatic rings. The van der Waals surface area contributed by atoms with E-state index in [9.17, 15) is 9.59 Å². The Bertz CT molecular complexity index is 744. The van der Waals surface area contributed by atoms with Gasteiger partial charge in [-0.15, -0.1) is 0 Å². The number of methoxy groups -OCH3 is 1. The van der Waals surface area contributed by atoms with E-state index in [1.165, 1.54) is 0 Å². The highest BCUT2D eigenvalue weighted by Gasteiger charge is 2.13. The van der Waals surface area contributed by atoms with E-state index < -0.39 is 0 Å². The third kappa shape index (κ3) is 4.63. The standard InChI is InChI=1S/C18H21N3O3/c1-12-7-8-13(2)16(11-12)21-18(23)15-6-4-5-14(20-15)17(22)19-9-10-24-3/h4-8,11H,9-10H2,1-3H3,(H,19,22)(H,21,23). The van der Waals surface area contributed by atoms with E-state index in [0.717, 1.165) is 16.8 Å². The second-order valence-corrected chi connectivity index (χ2v) is 5.43. The zero-order valence-corrected chi connectivity index (χ0v) is 14.1. The summed E-state index contributed by atoms with van der Waals surface area (Å²) < 4.78 is 4.88. The van der Waals surface area contributed by atoms with Gasteiger partial charge in [0.15, 0.2) is 0 Å². The molecule has 24 heavy (non-hydrogen) atoms. The number of ether oxygens (including phenoxy) is 1. The number of nitrogens with one attached hydrogen (secondary N) is 2. The summed E-state index contributed by atoms with van der Waals surface area (Å²) in [5.41, 5.74) is 3.13. The molecule has 0 aliphatic heterocycles. The number of anilines is 1. The average molecular weight is 327 g/mol. The fraction of sp³-hybridized carbons (Fsp3) is 0.278. The smallest absolute Gasteiger partial charge is 0.274 e. The van der Waals surface area contributed by atoms with Gasteiger partial charge in [-0.2, -0.15) is 0 Å². The van der Waals surface area contributed by atoms with Crippen LogP contribution in [0.25, 0.3) is 0 Å². The lowest BCUT2D eigenvalue weighted by atomic mass is 10.1. The quantitative estimate of drug-likeness (QED) is 0.798. The molecule has 1 heterocycles. The van der Waals surface area contributed by atoms with E-state index in [1.54, 1.807) is 25.3 Å². The molecule has 0 spiro atoms. The van der Waals surface area contributed by atoms with Gasteiger partial charge in [-0.1, -0.05) is 18.2 Å². The Morgan fingerprint density at radius 2 is 1.79 bits per heavy atom. The number of aromatic nitrogens is 1. The van der Waals surface area contributed by atoms with Crippen molar-refractivity contribution >= 4 is 17.5 Å². The van der Waals surface area contributed by atoms with Crippen LogP contribution in [0, 0.1) is 13.8 Å². The molecule has 0 radical (unpaired) electrons. The van der Waals surface area contributed by atoms with Crippen LogP contribution in [0.5, 0.6) is 0 Å². The number of benzene rings is 1. The first-order valence-corrected chi connectivity index (χ1v) is 7.64. The molecule has 1 aromatic heterocycles. The predicted molar refractivity (Wildman–Crippen MR) is 92.3 cm³/mol. The van der Waals surface area contributed by atoms with Crippen LogP contribution >= 0.6 is 0 Å². The van der Waals surface area contributed by atoms with Gasteiger partial charge in [0.2, 0.25) is 0 Å². The van der Waals surface area contributed by atoms with Gasteiger partial charge >= 0.3 is 0 Å². The Hall–Kier alpha value is -2.73. The maximum absolute atomic E-state index is 12.4. The monoisotopic (exact) mass is 327 g/mol. The summed E-state index contributed by atoms with van der Waals surface area (Å²) in [5.74, 6) is -0.691. The molecular weight excluding hydrogens is 306 g/mol. The summed E-state index contributed by atoms with van der Waals surface area (Å²) in [6.45, 7) is 4.68. The van der Waals surface area contributed by atoms with Crippen molar-refractivity contribution in [2.75, 3.05) is 25.6 Å². The van der Waals surface area contributed by atoms with E-state index in [2.05, 4.69) is 15.6 Å².